The van der Waals surface area contributed by atoms with Crippen LogP contribution in [-0.2, 0) is 0 Å². The van der Waals surface area contributed by atoms with E-state index in [1.807, 2.05) is 13.8 Å². The molecular weight excluding hydrogens is 311 g/mol. The van der Waals surface area contributed by atoms with E-state index >= 15 is 0 Å². The molecule has 1 aliphatic heterocycles. The fourth-order valence-electron chi connectivity index (χ4n) is 2.94. The summed E-state index contributed by atoms with van der Waals surface area (Å²) in [5.74, 6) is 0.350. The molecule has 6 nitrogen and oxygen atoms in total. The molecular formula is C17H21FN4O2. The van der Waals surface area contributed by atoms with E-state index in [9.17, 15) is 9.18 Å². The lowest BCUT2D eigenvalue weighted by molar-refractivity contribution is 0.0669. The second kappa shape index (κ2) is 7.07. The second-order valence-corrected chi connectivity index (χ2v) is 6.38. The second-order valence-electron chi connectivity index (χ2n) is 6.38. The zero-order valence-corrected chi connectivity index (χ0v) is 13.9. The average molecular weight is 332 g/mol. The van der Waals surface area contributed by atoms with E-state index in [0.29, 0.717) is 23.8 Å². The van der Waals surface area contributed by atoms with Gasteiger partial charge in [0, 0.05) is 30.3 Å². The Morgan fingerprint density at radius 1 is 1.38 bits per heavy atom. The number of likely N-dealkylation sites (tertiary alicyclic amines) is 1. The van der Waals surface area contributed by atoms with E-state index in [0.717, 1.165) is 25.7 Å². The quantitative estimate of drug-likeness (QED) is 0.805. The van der Waals surface area contributed by atoms with Crippen molar-refractivity contribution >= 4 is 5.91 Å². The van der Waals surface area contributed by atoms with E-state index in [1.54, 1.807) is 4.90 Å². The molecule has 0 unspecified atom stereocenters. The van der Waals surface area contributed by atoms with Crippen molar-refractivity contribution in [1.29, 1.82) is 0 Å². The molecule has 3 rings (SSSR count). The van der Waals surface area contributed by atoms with Crippen LogP contribution in [0.5, 0.6) is 0 Å². The van der Waals surface area contributed by atoms with E-state index in [1.165, 1.54) is 18.3 Å². The molecule has 0 spiro atoms. The number of hydrogen-bond donors (Lipinski definition) is 0. The maximum atomic E-state index is 13.4. The van der Waals surface area contributed by atoms with Crippen molar-refractivity contribution in [2.24, 2.45) is 0 Å². The first-order chi connectivity index (χ1) is 11.6. The predicted molar refractivity (Wildman–Crippen MR) is 84.8 cm³/mol. The van der Waals surface area contributed by atoms with Gasteiger partial charge in [0.2, 0.25) is 11.8 Å². The number of nitrogens with zero attached hydrogens (tertiary/aromatic N) is 4. The summed E-state index contributed by atoms with van der Waals surface area (Å²) in [6.07, 6.45) is 5.02. The van der Waals surface area contributed by atoms with Gasteiger partial charge < -0.3 is 9.42 Å². The molecule has 2 aromatic rings. The van der Waals surface area contributed by atoms with Gasteiger partial charge in [0.1, 0.15) is 0 Å². The van der Waals surface area contributed by atoms with Crippen molar-refractivity contribution < 1.29 is 13.7 Å². The third-order valence-corrected chi connectivity index (χ3v) is 4.24. The van der Waals surface area contributed by atoms with Crippen molar-refractivity contribution in [3.05, 3.63) is 41.6 Å². The lowest BCUT2D eigenvalue weighted by atomic mass is 10.1. The molecule has 1 aliphatic rings. The van der Waals surface area contributed by atoms with E-state index in [2.05, 4.69) is 15.1 Å². The molecule has 2 aromatic heterocycles. The highest BCUT2D eigenvalue weighted by molar-refractivity contribution is 5.94. The third kappa shape index (κ3) is 3.44. The van der Waals surface area contributed by atoms with Crippen LogP contribution in [0.2, 0.25) is 0 Å². The number of amides is 1. The molecule has 0 N–H and O–H groups in total. The zero-order chi connectivity index (χ0) is 17.1. The van der Waals surface area contributed by atoms with Crippen LogP contribution >= 0.6 is 0 Å². The number of hydrogen-bond acceptors (Lipinski definition) is 5. The normalized spacial score (nSPS) is 18.7. The number of carbonyl (C=O) groups is 1. The highest BCUT2D eigenvalue weighted by atomic mass is 19.1. The van der Waals surface area contributed by atoms with Crippen LogP contribution in [0.3, 0.4) is 0 Å². The van der Waals surface area contributed by atoms with Crippen molar-refractivity contribution in [1.82, 2.24) is 20.0 Å². The van der Waals surface area contributed by atoms with E-state index in [-0.39, 0.29) is 17.9 Å². The summed E-state index contributed by atoms with van der Waals surface area (Å²) in [5, 5.41) is 4.08. The molecule has 1 fully saturated rings. The third-order valence-electron chi connectivity index (χ3n) is 4.24. The molecule has 0 saturated carbocycles. The summed E-state index contributed by atoms with van der Waals surface area (Å²) in [7, 11) is 0. The van der Waals surface area contributed by atoms with Gasteiger partial charge in [0.05, 0.1) is 6.04 Å². The van der Waals surface area contributed by atoms with Gasteiger partial charge in [-0.05, 0) is 18.9 Å². The minimum absolute atomic E-state index is 0.135. The van der Waals surface area contributed by atoms with Crippen LogP contribution in [0, 0.1) is 5.95 Å². The molecule has 0 bridgehead atoms. The van der Waals surface area contributed by atoms with Gasteiger partial charge in [-0.25, -0.2) is 4.98 Å². The van der Waals surface area contributed by atoms with Crippen LogP contribution in [0.4, 0.5) is 4.39 Å². The predicted octanol–water partition coefficient (Wildman–Crippen LogP) is 3.48. The molecule has 3 heterocycles. The SMILES string of the molecule is CC(C)c1nc([C@H]2CCCCCN2C(=O)c2ccnc(F)c2)no1. The Labute approximate surface area is 140 Å². The number of halogens is 1. The van der Waals surface area contributed by atoms with Crippen LogP contribution in [0.25, 0.3) is 0 Å². The number of carbonyl (C=O) groups excluding carboxylic acids is 1. The molecule has 0 radical (unpaired) electrons. The van der Waals surface area contributed by atoms with E-state index in [4.69, 9.17) is 4.52 Å². The molecule has 1 atom stereocenters. The van der Waals surface area contributed by atoms with Crippen molar-refractivity contribution in [2.45, 2.75) is 51.5 Å². The minimum Gasteiger partial charge on any atom is -0.339 e. The van der Waals surface area contributed by atoms with Crippen molar-refractivity contribution in [2.75, 3.05) is 6.54 Å². The van der Waals surface area contributed by atoms with Crippen LogP contribution in [0.15, 0.2) is 22.9 Å². The Hall–Kier alpha value is -2.31. The number of pyridine rings is 1. The number of aromatic nitrogens is 3. The Morgan fingerprint density at radius 2 is 2.21 bits per heavy atom. The maximum absolute atomic E-state index is 13.4. The summed E-state index contributed by atoms with van der Waals surface area (Å²) in [6.45, 7) is 4.55. The van der Waals surface area contributed by atoms with Crippen molar-refractivity contribution in [3.8, 4) is 0 Å². The van der Waals surface area contributed by atoms with E-state index < -0.39 is 5.95 Å². The molecule has 1 saturated heterocycles. The first kappa shape index (κ1) is 16.5. The summed E-state index contributed by atoms with van der Waals surface area (Å²) in [5.41, 5.74) is 0.293. The highest BCUT2D eigenvalue weighted by Gasteiger charge is 2.31. The molecule has 24 heavy (non-hydrogen) atoms. The highest BCUT2D eigenvalue weighted by Crippen LogP contribution is 2.30. The standard InChI is InChI=1S/C17H21FN4O2/c1-11(2)16-20-15(21-24-16)13-6-4-3-5-9-22(13)17(23)12-7-8-19-14(18)10-12/h7-8,10-11,13H,3-6,9H2,1-2H3/t13-/m1/s1. The fraction of sp³-hybridized carbons (Fsp3) is 0.529. The topological polar surface area (TPSA) is 72.1 Å². The lowest BCUT2D eigenvalue weighted by Crippen LogP contribution is -2.35. The monoisotopic (exact) mass is 332 g/mol. The molecule has 0 aliphatic carbocycles. The first-order valence-electron chi connectivity index (χ1n) is 8.32. The summed E-state index contributed by atoms with van der Waals surface area (Å²) in [6, 6.07) is 2.45. The summed E-state index contributed by atoms with van der Waals surface area (Å²) in [4.78, 5) is 22.6. The Kier molecular flexibility index (Phi) is 4.87. The summed E-state index contributed by atoms with van der Waals surface area (Å²) < 4.78 is 18.7. The van der Waals surface area contributed by atoms with Gasteiger partial charge >= 0.3 is 0 Å². The molecule has 1 amide bonds. The van der Waals surface area contributed by atoms with Gasteiger partial charge in [-0.2, -0.15) is 9.37 Å². The van der Waals surface area contributed by atoms with Gasteiger partial charge in [0.25, 0.3) is 5.91 Å². The maximum Gasteiger partial charge on any atom is 0.254 e. The van der Waals surface area contributed by atoms with Gasteiger partial charge in [-0.1, -0.05) is 31.8 Å². The van der Waals surface area contributed by atoms with Gasteiger partial charge in [-0.3, -0.25) is 4.79 Å². The van der Waals surface area contributed by atoms with Gasteiger partial charge in [0.15, 0.2) is 5.82 Å². The molecule has 0 aromatic carbocycles. The average Bonchev–Trinajstić information content (AvgIpc) is 2.93. The molecule has 7 heteroatoms. The Balaban J connectivity index is 1.90. The fourth-order valence-corrected chi connectivity index (χ4v) is 2.94. The lowest BCUT2D eigenvalue weighted by Gasteiger charge is -2.27. The van der Waals surface area contributed by atoms with Crippen LogP contribution in [-0.4, -0.2) is 32.5 Å². The number of rotatable bonds is 3. The first-order valence-corrected chi connectivity index (χ1v) is 8.32. The minimum atomic E-state index is -0.658. The largest absolute Gasteiger partial charge is 0.339 e. The van der Waals surface area contributed by atoms with Crippen LogP contribution < -0.4 is 0 Å². The van der Waals surface area contributed by atoms with Gasteiger partial charge in [-0.15, -0.1) is 0 Å². The zero-order valence-electron chi connectivity index (χ0n) is 13.9. The summed E-state index contributed by atoms with van der Waals surface area (Å²) >= 11 is 0. The Morgan fingerprint density at radius 3 is 2.92 bits per heavy atom. The van der Waals surface area contributed by atoms with Crippen molar-refractivity contribution in [3.63, 3.8) is 0 Å². The Bertz CT molecular complexity index is 716. The van der Waals surface area contributed by atoms with Crippen LogP contribution in [0.1, 0.15) is 73.6 Å². The smallest absolute Gasteiger partial charge is 0.254 e. The molecule has 128 valence electrons.